The lowest BCUT2D eigenvalue weighted by Crippen LogP contribution is -2.27. The number of aromatic nitrogens is 1. The number of halogens is 2. The molecule has 6 heteroatoms. The zero-order valence-electron chi connectivity index (χ0n) is 8.09. The molecule has 0 spiro atoms. The summed E-state index contributed by atoms with van der Waals surface area (Å²) in [6.45, 7) is 0.874. The van der Waals surface area contributed by atoms with E-state index in [1.165, 1.54) is 12.3 Å². The Morgan fingerprint density at radius 2 is 2.33 bits per heavy atom. The van der Waals surface area contributed by atoms with Crippen LogP contribution in [0, 0.1) is 0 Å². The molecule has 0 fully saturated rings. The second-order valence-corrected chi connectivity index (χ2v) is 3.53. The van der Waals surface area contributed by atoms with Crippen LogP contribution in [0.25, 0.3) is 0 Å². The number of rotatable bonds is 4. The van der Waals surface area contributed by atoms with Crippen LogP contribution in [0.15, 0.2) is 12.3 Å². The highest BCUT2D eigenvalue weighted by atomic mass is 35.5. The van der Waals surface area contributed by atoms with E-state index in [0.717, 1.165) is 0 Å². The van der Waals surface area contributed by atoms with Crippen LogP contribution in [0.4, 0.5) is 0 Å². The number of hydrogen-bond donors (Lipinski definition) is 1. The molecule has 0 aliphatic rings. The number of amides is 1. The Labute approximate surface area is 97.5 Å². The van der Waals surface area contributed by atoms with E-state index in [1.54, 1.807) is 7.11 Å². The topological polar surface area (TPSA) is 51.2 Å². The van der Waals surface area contributed by atoms with Crippen LogP contribution in [-0.4, -0.2) is 31.2 Å². The molecule has 0 aliphatic heterocycles. The molecule has 0 bridgehead atoms. The van der Waals surface area contributed by atoms with Gasteiger partial charge in [-0.3, -0.25) is 4.79 Å². The Bertz CT molecular complexity index is 358. The molecule has 0 saturated heterocycles. The quantitative estimate of drug-likeness (QED) is 0.653. The second kappa shape index (κ2) is 5.90. The fourth-order valence-electron chi connectivity index (χ4n) is 0.936. The van der Waals surface area contributed by atoms with Crippen molar-refractivity contribution in [2.24, 2.45) is 0 Å². The lowest BCUT2D eigenvalue weighted by molar-refractivity contribution is 0.0937. The van der Waals surface area contributed by atoms with Gasteiger partial charge in [0.25, 0.3) is 5.91 Å². The van der Waals surface area contributed by atoms with Gasteiger partial charge in [-0.15, -0.1) is 0 Å². The van der Waals surface area contributed by atoms with Crippen molar-refractivity contribution >= 4 is 29.1 Å². The van der Waals surface area contributed by atoms with Gasteiger partial charge in [0.05, 0.1) is 17.2 Å². The van der Waals surface area contributed by atoms with Gasteiger partial charge in [0.1, 0.15) is 5.15 Å². The number of ether oxygens (including phenoxy) is 1. The van der Waals surface area contributed by atoms with Crippen molar-refractivity contribution in [3.8, 4) is 0 Å². The number of hydrogen-bond acceptors (Lipinski definition) is 3. The van der Waals surface area contributed by atoms with Gasteiger partial charge in [-0.25, -0.2) is 4.98 Å². The molecule has 4 nitrogen and oxygen atoms in total. The SMILES string of the molecule is COCCNC(=O)c1cnc(Cl)cc1Cl. The van der Waals surface area contributed by atoms with Crippen LogP contribution < -0.4 is 5.32 Å². The van der Waals surface area contributed by atoms with Crippen molar-refractivity contribution in [3.05, 3.63) is 28.0 Å². The summed E-state index contributed by atoms with van der Waals surface area (Å²) in [5.74, 6) is -0.291. The normalized spacial score (nSPS) is 10.1. The first-order chi connectivity index (χ1) is 7.15. The minimum atomic E-state index is -0.291. The van der Waals surface area contributed by atoms with Gasteiger partial charge in [0.15, 0.2) is 0 Å². The molecular weight excluding hydrogens is 239 g/mol. The zero-order chi connectivity index (χ0) is 11.3. The summed E-state index contributed by atoms with van der Waals surface area (Å²) in [6.07, 6.45) is 1.34. The van der Waals surface area contributed by atoms with E-state index < -0.39 is 0 Å². The standard InChI is InChI=1S/C9H10Cl2N2O2/c1-15-3-2-12-9(14)6-5-13-8(11)4-7(6)10/h4-5H,2-3H2,1H3,(H,12,14). The monoisotopic (exact) mass is 248 g/mol. The number of pyridine rings is 1. The maximum Gasteiger partial charge on any atom is 0.254 e. The molecule has 15 heavy (non-hydrogen) atoms. The maximum atomic E-state index is 11.5. The number of methoxy groups -OCH3 is 1. The summed E-state index contributed by atoms with van der Waals surface area (Å²) in [5, 5.41) is 3.17. The summed E-state index contributed by atoms with van der Waals surface area (Å²) in [6, 6.07) is 1.42. The van der Waals surface area contributed by atoms with Crippen molar-refractivity contribution in [2.75, 3.05) is 20.3 Å². The molecular formula is C9H10Cl2N2O2. The van der Waals surface area contributed by atoms with Gasteiger partial charge in [0, 0.05) is 19.9 Å². The first-order valence-electron chi connectivity index (χ1n) is 4.23. The van der Waals surface area contributed by atoms with E-state index in [4.69, 9.17) is 27.9 Å². The van der Waals surface area contributed by atoms with E-state index in [0.29, 0.717) is 18.7 Å². The van der Waals surface area contributed by atoms with E-state index >= 15 is 0 Å². The average Bonchev–Trinajstić information content (AvgIpc) is 2.17. The lowest BCUT2D eigenvalue weighted by Gasteiger charge is -2.05. The first-order valence-corrected chi connectivity index (χ1v) is 4.99. The van der Waals surface area contributed by atoms with E-state index in [9.17, 15) is 4.79 Å². The van der Waals surface area contributed by atoms with Gasteiger partial charge in [0.2, 0.25) is 0 Å². The molecule has 1 amide bonds. The minimum absolute atomic E-state index is 0.258. The predicted molar refractivity (Wildman–Crippen MR) is 58.5 cm³/mol. The molecule has 1 N–H and O–H groups in total. The Hall–Kier alpha value is -0.840. The third-order valence-corrected chi connectivity index (χ3v) is 2.18. The van der Waals surface area contributed by atoms with Crippen molar-refractivity contribution < 1.29 is 9.53 Å². The van der Waals surface area contributed by atoms with Crippen LogP contribution in [0.3, 0.4) is 0 Å². The minimum Gasteiger partial charge on any atom is -0.383 e. The number of carbonyl (C=O) groups is 1. The molecule has 0 aromatic carbocycles. The molecule has 0 unspecified atom stereocenters. The molecule has 1 aromatic heterocycles. The van der Waals surface area contributed by atoms with Crippen molar-refractivity contribution in [3.63, 3.8) is 0 Å². The van der Waals surface area contributed by atoms with Gasteiger partial charge in [-0.2, -0.15) is 0 Å². The van der Waals surface area contributed by atoms with Crippen LogP contribution in [0.1, 0.15) is 10.4 Å². The first kappa shape index (κ1) is 12.2. The molecule has 0 aliphatic carbocycles. The van der Waals surface area contributed by atoms with Gasteiger partial charge < -0.3 is 10.1 Å². The predicted octanol–water partition coefficient (Wildman–Crippen LogP) is 1.76. The fraction of sp³-hybridized carbons (Fsp3) is 0.333. The second-order valence-electron chi connectivity index (χ2n) is 2.74. The highest BCUT2D eigenvalue weighted by molar-refractivity contribution is 6.36. The van der Waals surface area contributed by atoms with Crippen molar-refractivity contribution in [1.29, 1.82) is 0 Å². The third-order valence-electron chi connectivity index (χ3n) is 1.66. The van der Waals surface area contributed by atoms with Gasteiger partial charge in [-0.05, 0) is 6.07 Å². The van der Waals surface area contributed by atoms with Crippen LogP contribution >= 0.6 is 23.2 Å². The number of nitrogens with zero attached hydrogens (tertiary/aromatic N) is 1. The summed E-state index contributed by atoms with van der Waals surface area (Å²) < 4.78 is 4.79. The van der Waals surface area contributed by atoms with E-state index in [2.05, 4.69) is 10.3 Å². The van der Waals surface area contributed by atoms with Crippen LogP contribution in [0.5, 0.6) is 0 Å². The van der Waals surface area contributed by atoms with Crippen molar-refractivity contribution in [2.45, 2.75) is 0 Å². The average molecular weight is 249 g/mol. The molecule has 0 saturated carbocycles. The van der Waals surface area contributed by atoms with Crippen LogP contribution in [-0.2, 0) is 4.74 Å². The Morgan fingerprint density at radius 1 is 1.60 bits per heavy atom. The smallest absolute Gasteiger partial charge is 0.254 e. The maximum absolute atomic E-state index is 11.5. The molecule has 1 rings (SSSR count). The fourth-order valence-corrected chi connectivity index (χ4v) is 1.39. The molecule has 1 heterocycles. The highest BCUT2D eigenvalue weighted by Crippen LogP contribution is 2.18. The summed E-state index contributed by atoms with van der Waals surface area (Å²) >= 11 is 11.4. The molecule has 0 radical (unpaired) electrons. The molecule has 82 valence electrons. The highest BCUT2D eigenvalue weighted by Gasteiger charge is 2.10. The van der Waals surface area contributed by atoms with E-state index in [-0.39, 0.29) is 16.1 Å². The van der Waals surface area contributed by atoms with Crippen molar-refractivity contribution in [1.82, 2.24) is 10.3 Å². The summed E-state index contributed by atoms with van der Waals surface area (Å²) in [5.41, 5.74) is 0.303. The molecule has 1 aromatic rings. The number of nitrogens with one attached hydrogen (secondary N) is 1. The summed E-state index contributed by atoms with van der Waals surface area (Å²) in [4.78, 5) is 15.3. The zero-order valence-corrected chi connectivity index (χ0v) is 9.60. The molecule has 0 atom stereocenters. The lowest BCUT2D eigenvalue weighted by atomic mass is 10.2. The Balaban J connectivity index is 2.65. The Kier molecular flexibility index (Phi) is 4.81. The van der Waals surface area contributed by atoms with Gasteiger partial charge in [-0.1, -0.05) is 23.2 Å². The van der Waals surface area contributed by atoms with Crippen LogP contribution in [0.2, 0.25) is 10.2 Å². The Morgan fingerprint density at radius 3 is 2.93 bits per heavy atom. The number of carbonyl (C=O) groups excluding carboxylic acids is 1. The summed E-state index contributed by atoms with van der Waals surface area (Å²) in [7, 11) is 1.56. The van der Waals surface area contributed by atoms with E-state index in [1.807, 2.05) is 0 Å². The largest absolute Gasteiger partial charge is 0.383 e. The third kappa shape index (κ3) is 3.66. The van der Waals surface area contributed by atoms with Gasteiger partial charge >= 0.3 is 0 Å².